The minimum atomic E-state index is -0.569. The highest BCUT2D eigenvalue weighted by molar-refractivity contribution is 7.99. The third-order valence-corrected chi connectivity index (χ3v) is 5.35. The number of nitro benzene ring substituents is 1. The van der Waals surface area contributed by atoms with Gasteiger partial charge in [0.1, 0.15) is 18.2 Å². The Labute approximate surface area is 185 Å². The van der Waals surface area contributed by atoms with Crippen molar-refractivity contribution < 1.29 is 18.8 Å². The standard InChI is InChI=1S/C19H17ClFN5O4S/c1-2-25-17(10-30-14-6-3-12(21)4-7-14)23-24-19(25)31-11-18(27)22-16-9-13(26(28)29)5-8-15(16)20/h3-9H,2,10-11H2,1H3,(H,22,27). The van der Waals surface area contributed by atoms with E-state index in [2.05, 4.69) is 15.5 Å². The van der Waals surface area contributed by atoms with Crippen LogP contribution in [0, 0.1) is 15.9 Å². The summed E-state index contributed by atoms with van der Waals surface area (Å²) in [5, 5.41) is 22.3. The van der Waals surface area contributed by atoms with E-state index in [1.807, 2.05) is 6.92 Å². The van der Waals surface area contributed by atoms with Crippen LogP contribution >= 0.6 is 23.4 Å². The van der Waals surface area contributed by atoms with Gasteiger partial charge < -0.3 is 14.6 Å². The van der Waals surface area contributed by atoms with Crippen LogP contribution in [0.4, 0.5) is 15.8 Å². The number of carbonyl (C=O) groups excluding carboxylic acids is 1. The van der Waals surface area contributed by atoms with Crippen molar-refractivity contribution in [3.63, 3.8) is 0 Å². The van der Waals surface area contributed by atoms with Crippen LogP contribution in [0.3, 0.4) is 0 Å². The lowest BCUT2D eigenvalue weighted by molar-refractivity contribution is -0.384. The molecule has 3 rings (SSSR count). The molecular formula is C19H17ClFN5O4S. The molecule has 12 heteroatoms. The molecular weight excluding hydrogens is 449 g/mol. The number of non-ortho nitro benzene ring substituents is 1. The second kappa shape index (κ2) is 10.2. The molecule has 1 heterocycles. The molecule has 0 bridgehead atoms. The van der Waals surface area contributed by atoms with Crippen molar-refractivity contribution >= 4 is 40.6 Å². The van der Waals surface area contributed by atoms with Crippen molar-refractivity contribution in [2.24, 2.45) is 0 Å². The number of halogens is 2. The zero-order valence-corrected chi connectivity index (χ0v) is 17.8. The molecule has 1 N–H and O–H groups in total. The topological polar surface area (TPSA) is 112 Å². The van der Waals surface area contributed by atoms with E-state index in [9.17, 15) is 19.3 Å². The predicted octanol–water partition coefficient (Wildman–Crippen LogP) is 4.31. The van der Waals surface area contributed by atoms with E-state index in [-0.39, 0.29) is 34.6 Å². The van der Waals surface area contributed by atoms with Crippen LogP contribution in [-0.4, -0.2) is 31.3 Å². The third kappa shape index (κ3) is 5.92. The average Bonchev–Trinajstić information content (AvgIpc) is 3.15. The van der Waals surface area contributed by atoms with Crippen LogP contribution < -0.4 is 10.1 Å². The molecule has 0 aliphatic carbocycles. The molecule has 0 radical (unpaired) electrons. The van der Waals surface area contributed by atoms with Crippen LogP contribution in [0.5, 0.6) is 5.75 Å². The Hall–Kier alpha value is -3.18. The van der Waals surface area contributed by atoms with Crippen molar-refractivity contribution in [1.29, 1.82) is 0 Å². The maximum atomic E-state index is 13.0. The van der Waals surface area contributed by atoms with Gasteiger partial charge in [-0.1, -0.05) is 23.4 Å². The molecule has 0 aliphatic heterocycles. The van der Waals surface area contributed by atoms with Gasteiger partial charge in [0.05, 0.1) is 21.4 Å². The van der Waals surface area contributed by atoms with E-state index < -0.39 is 10.8 Å². The van der Waals surface area contributed by atoms with Gasteiger partial charge in [-0.3, -0.25) is 14.9 Å². The normalized spacial score (nSPS) is 10.7. The van der Waals surface area contributed by atoms with E-state index in [0.717, 1.165) is 11.8 Å². The first-order valence-corrected chi connectivity index (χ1v) is 10.4. The number of benzene rings is 2. The van der Waals surface area contributed by atoms with Crippen molar-refractivity contribution in [3.8, 4) is 5.75 Å². The van der Waals surface area contributed by atoms with E-state index in [1.54, 1.807) is 4.57 Å². The molecule has 0 saturated heterocycles. The van der Waals surface area contributed by atoms with Crippen molar-refractivity contribution in [1.82, 2.24) is 14.8 Å². The molecule has 9 nitrogen and oxygen atoms in total. The number of nitrogens with zero attached hydrogens (tertiary/aromatic N) is 4. The maximum absolute atomic E-state index is 13.0. The monoisotopic (exact) mass is 465 g/mol. The number of carbonyl (C=O) groups is 1. The Morgan fingerprint density at radius 2 is 2.03 bits per heavy atom. The number of thioether (sulfide) groups is 1. The first kappa shape index (κ1) is 22.5. The molecule has 0 spiro atoms. The number of nitrogens with one attached hydrogen (secondary N) is 1. The summed E-state index contributed by atoms with van der Waals surface area (Å²) in [5.74, 6) is 0.288. The van der Waals surface area contributed by atoms with Gasteiger partial charge in [-0.2, -0.15) is 0 Å². The largest absolute Gasteiger partial charge is 0.486 e. The van der Waals surface area contributed by atoms with Crippen molar-refractivity contribution in [2.75, 3.05) is 11.1 Å². The minimum absolute atomic E-state index is 0.00399. The number of hydrogen-bond donors (Lipinski definition) is 1. The minimum Gasteiger partial charge on any atom is -0.486 e. The summed E-state index contributed by atoms with van der Waals surface area (Å²) < 4.78 is 20.4. The van der Waals surface area contributed by atoms with Gasteiger partial charge in [0, 0.05) is 18.7 Å². The number of aromatic nitrogens is 3. The van der Waals surface area contributed by atoms with Gasteiger partial charge in [-0.25, -0.2) is 4.39 Å². The lowest BCUT2D eigenvalue weighted by atomic mass is 10.3. The average molecular weight is 466 g/mol. The summed E-state index contributed by atoms with van der Waals surface area (Å²) >= 11 is 7.16. The molecule has 1 aromatic heterocycles. The van der Waals surface area contributed by atoms with E-state index >= 15 is 0 Å². The number of amides is 1. The van der Waals surface area contributed by atoms with Gasteiger partial charge in [0.15, 0.2) is 11.0 Å². The number of hydrogen-bond acceptors (Lipinski definition) is 7. The van der Waals surface area contributed by atoms with E-state index in [0.29, 0.717) is 23.3 Å². The zero-order valence-electron chi connectivity index (χ0n) is 16.2. The van der Waals surface area contributed by atoms with Gasteiger partial charge >= 0.3 is 0 Å². The highest BCUT2D eigenvalue weighted by atomic mass is 35.5. The fourth-order valence-electron chi connectivity index (χ4n) is 2.57. The molecule has 0 aliphatic rings. The highest BCUT2D eigenvalue weighted by Crippen LogP contribution is 2.27. The van der Waals surface area contributed by atoms with Gasteiger partial charge in [0.2, 0.25) is 5.91 Å². The van der Waals surface area contributed by atoms with Crippen LogP contribution in [0.2, 0.25) is 5.02 Å². The summed E-state index contributed by atoms with van der Waals surface area (Å²) in [6, 6.07) is 9.43. The zero-order chi connectivity index (χ0) is 22.4. The molecule has 0 atom stereocenters. The number of rotatable bonds is 9. The number of anilines is 1. The molecule has 0 saturated carbocycles. The van der Waals surface area contributed by atoms with Gasteiger partial charge in [-0.05, 0) is 37.3 Å². The lowest BCUT2D eigenvalue weighted by Gasteiger charge is -2.09. The molecule has 3 aromatic rings. The highest BCUT2D eigenvalue weighted by Gasteiger charge is 2.16. The van der Waals surface area contributed by atoms with Gasteiger partial charge in [-0.15, -0.1) is 10.2 Å². The molecule has 31 heavy (non-hydrogen) atoms. The van der Waals surface area contributed by atoms with Gasteiger partial charge in [0.25, 0.3) is 5.69 Å². The SMILES string of the molecule is CCn1c(COc2ccc(F)cc2)nnc1SCC(=O)Nc1cc([N+](=O)[O-])ccc1Cl. The maximum Gasteiger partial charge on any atom is 0.271 e. The van der Waals surface area contributed by atoms with E-state index in [4.69, 9.17) is 16.3 Å². The Kier molecular flexibility index (Phi) is 7.42. The Bertz CT molecular complexity index is 1090. The second-order valence-corrected chi connectivity index (χ2v) is 7.49. The number of ether oxygens (including phenoxy) is 1. The first-order chi connectivity index (χ1) is 14.9. The molecule has 1 amide bonds. The quantitative estimate of drug-likeness (QED) is 0.284. The Morgan fingerprint density at radius 1 is 1.29 bits per heavy atom. The van der Waals surface area contributed by atoms with Crippen LogP contribution in [0.15, 0.2) is 47.6 Å². The third-order valence-electron chi connectivity index (χ3n) is 4.06. The van der Waals surface area contributed by atoms with Crippen molar-refractivity contribution in [3.05, 3.63) is 69.2 Å². The second-order valence-electron chi connectivity index (χ2n) is 6.14. The van der Waals surface area contributed by atoms with Crippen LogP contribution in [0.1, 0.15) is 12.7 Å². The summed E-state index contributed by atoms with van der Waals surface area (Å²) in [7, 11) is 0. The summed E-state index contributed by atoms with van der Waals surface area (Å²) in [6.45, 7) is 2.58. The smallest absolute Gasteiger partial charge is 0.271 e. The molecule has 0 unspecified atom stereocenters. The Morgan fingerprint density at radius 3 is 2.71 bits per heavy atom. The molecule has 0 fully saturated rings. The van der Waals surface area contributed by atoms with E-state index in [1.165, 1.54) is 42.5 Å². The predicted molar refractivity (Wildman–Crippen MR) is 114 cm³/mol. The Balaban J connectivity index is 1.60. The number of nitro groups is 1. The molecule has 162 valence electrons. The summed E-state index contributed by atoms with van der Waals surface area (Å²) in [5.41, 5.74) is -0.0179. The lowest BCUT2D eigenvalue weighted by Crippen LogP contribution is -2.15. The summed E-state index contributed by atoms with van der Waals surface area (Å²) in [4.78, 5) is 22.6. The fraction of sp³-hybridized carbons (Fsp3) is 0.211. The van der Waals surface area contributed by atoms with Crippen LogP contribution in [0.25, 0.3) is 0 Å². The van der Waals surface area contributed by atoms with Crippen LogP contribution in [-0.2, 0) is 17.9 Å². The first-order valence-electron chi connectivity index (χ1n) is 9.04. The fourth-order valence-corrected chi connectivity index (χ4v) is 3.55. The molecule has 2 aromatic carbocycles. The van der Waals surface area contributed by atoms with Crippen molar-refractivity contribution in [2.45, 2.75) is 25.2 Å². The summed E-state index contributed by atoms with van der Waals surface area (Å²) in [6.07, 6.45) is 0.